The van der Waals surface area contributed by atoms with Gasteiger partial charge in [-0.05, 0) is 30.0 Å². The molecule has 1 aliphatic rings. The Morgan fingerprint density at radius 3 is 2.79 bits per heavy atom. The topological polar surface area (TPSA) is 87.8 Å². The van der Waals surface area contributed by atoms with Crippen molar-refractivity contribution in [1.82, 2.24) is 10.2 Å². The lowest BCUT2D eigenvalue weighted by Gasteiger charge is -2.29. The molecule has 0 aromatic heterocycles. The zero-order chi connectivity index (χ0) is 17.7. The number of aliphatic hydroxyl groups excluding tert-OH is 1. The van der Waals surface area contributed by atoms with Crippen LogP contribution >= 0.6 is 0 Å². The first-order chi connectivity index (χ1) is 11.5. The molecule has 0 spiro atoms. The second-order valence-corrected chi connectivity index (χ2v) is 5.91. The van der Waals surface area contributed by atoms with Crippen LogP contribution in [-0.4, -0.2) is 55.5 Å². The fourth-order valence-corrected chi connectivity index (χ4v) is 3.36. The molecule has 2 rings (SSSR count). The number of benzene rings is 1. The quantitative estimate of drug-likeness (QED) is 0.689. The minimum atomic E-state index is -0.942. The average molecular weight is 343 g/mol. The van der Waals surface area contributed by atoms with Crippen molar-refractivity contribution in [2.24, 2.45) is 11.7 Å². The van der Waals surface area contributed by atoms with Crippen molar-refractivity contribution in [3.8, 4) is 0 Å². The van der Waals surface area contributed by atoms with Gasteiger partial charge in [-0.25, -0.2) is 13.6 Å². The second kappa shape index (κ2) is 8.36. The number of primary amides is 1. The summed E-state index contributed by atoms with van der Waals surface area (Å²) in [5.41, 5.74) is 5.83. The fraction of sp³-hybridized carbons (Fsp3) is 0.562. The van der Waals surface area contributed by atoms with E-state index >= 15 is 0 Å². The molecule has 4 N–H and O–H groups in total. The zero-order valence-electron chi connectivity index (χ0n) is 13.5. The average Bonchev–Trinajstić information content (AvgIpc) is 2.85. The van der Waals surface area contributed by atoms with Crippen molar-refractivity contribution in [1.29, 1.82) is 0 Å². The first kappa shape index (κ1) is 18.6. The van der Waals surface area contributed by atoms with Crippen molar-refractivity contribution >= 4 is 6.03 Å². The molecule has 0 aliphatic carbocycles. The van der Waals surface area contributed by atoms with Gasteiger partial charge >= 0.3 is 6.03 Å². The fourth-order valence-electron chi connectivity index (χ4n) is 3.36. The smallest absolute Gasteiger partial charge is 0.312 e. The lowest BCUT2D eigenvalue weighted by molar-refractivity contribution is 0.136. The summed E-state index contributed by atoms with van der Waals surface area (Å²) in [5, 5.41) is 12.0. The van der Waals surface area contributed by atoms with E-state index in [0.717, 1.165) is 12.1 Å². The lowest BCUT2D eigenvalue weighted by Crippen LogP contribution is -2.45. The van der Waals surface area contributed by atoms with Crippen LogP contribution in [0.3, 0.4) is 0 Å². The van der Waals surface area contributed by atoms with Crippen LogP contribution in [0, 0.1) is 17.6 Å². The molecule has 0 bridgehead atoms. The van der Waals surface area contributed by atoms with Gasteiger partial charge in [-0.15, -0.1) is 0 Å². The van der Waals surface area contributed by atoms with Crippen molar-refractivity contribution in [2.75, 3.05) is 33.4 Å². The Morgan fingerprint density at radius 1 is 1.46 bits per heavy atom. The number of methoxy groups -OCH3 is 1. The van der Waals surface area contributed by atoms with Crippen LogP contribution in [0.4, 0.5) is 13.6 Å². The summed E-state index contributed by atoms with van der Waals surface area (Å²) in [4.78, 5) is 13.4. The van der Waals surface area contributed by atoms with Crippen molar-refractivity contribution in [2.45, 2.75) is 18.5 Å². The molecule has 24 heavy (non-hydrogen) atoms. The Balaban J connectivity index is 2.36. The largest absolute Gasteiger partial charge is 0.396 e. The van der Waals surface area contributed by atoms with Crippen LogP contribution in [0.2, 0.25) is 0 Å². The summed E-state index contributed by atoms with van der Waals surface area (Å²) in [6.45, 7) is 1.55. The number of hydrogen-bond acceptors (Lipinski definition) is 4. The number of carbonyl (C=O) groups is 1. The molecule has 134 valence electrons. The second-order valence-electron chi connectivity index (χ2n) is 5.91. The number of aliphatic hydroxyl groups is 1. The highest BCUT2D eigenvalue weighted by atomic mass is 19.2. The van der Waals surface area contributed by atoms with E-state index in [1.54, 1.807) is 7.11 Å². The monoisotopic (exact) mass is 343 g/mol. The van der Waals surface area contributed by atoms with Gasteiger partial charge in [0, 0.05) is 26.8 Å². The van der Waals surface area contributed by atoms with Crippen molar-refractivity contribution in [3.63, 3.8) is 0 Å². The highest BCUT2D eigenvalue weighted by Gasteiger charge is 2.42. The highest BCUT2D eigenvalue weighted by molar-refractivity contribution is 5.72. The molecule has 2 amide bonds. The van der Waals surface area contributed by atoms with Crippen LogP contribution in [0.1, 0.15) is 18.0 Å². The highest BCUT2D eigenvalue weighted by Crippen LogP contribution is 2.37. The lowest BCUT2D eigenvalue weighted by atomic mass is 9.91. The summed E-state index contributed by atoms with van der Waals surface area (Å²) in [5.74, 6) is -1.92. The van der Waals surface area contributed by atoms with E-state index < -0.39 is 23.7 Å². The molecule has 3 atom stereocenters. The van der Waals surface area contributed by atoms with E-state index in [1.807, 2.05) is 4.90 Å². The van der Waals surface area contributed by atoms with E-state index in [1.165, 1.54) is 6.07 Å². The molecule has 0 radical (unpaired) electrons. The number of urea groups is 1. The maximum atomic E-state index is 13.7. The number of nitrogens with zero attached hydrogens (tertiary/aromatic N) is 1. The summed E-state index contributed by atoms with van der Waals surface area (Å²) in [6, 6.07) is 2.23. The van der Waals surface area contributed by atoms with Gasteiger partial charge in [-0.1, -0.05) is 6.07 Å². The van der Waals surface area contributed by atoms with Gasteiger partial charge in [0.1, 0.15) is 0 Å². The third-order valence-electron chi connectivity index (χ3n) is 4.39. The standard InChI is InChI=1S/C16H23F2N3O3/c1-24-7-5-21-9-11(4-6-22)14(20-16(19)23)15(21)10-2-3-12(17)13(18)8-10/h2-3,8,11,14-15,22H,4-7,9H2,1H3,(H3,19,20,23)/t11-,14+,15?/m1/s1. The Morgan fingerprint density at radius 2 is 2.21 bits per heavy atom. The maximum Gasteiger partial charge on any atom is 0.312 e. The molecule has 1 aromatic carbocycles. The van der Waals surface area contributed by atoms with Crippen LogP contribution in [0.25, 0.3) is 0 Å². The van der Waals surface area contributed by atoms with Gasteiger partial charge in [0.25, 0.3) is 0 Å². The molecule has 0 saturated carbocycles. The number of halogens is 2. The van der Waals surface area contributed by atoms with Gasteiger partial charge in [0.15, 0.2) is 11.6 Å². The predicted octanol–water partition coefficient (Wildman–Crippen LogP) is 1.00. The van der Waals surface area contributed by atoms with E-state index in [2.05, 4.69) is 5.32 Å². The van der Waals surface area contributed by atoms with Crippen LogP contribution in [0.15, 0.2) is 18.2 Å². The minimum absolute atomic E-state index is 0.0375. The molecule has 1 saturated heterocycles. The van der Waals surface area contributed by atoms with Crippen LogP contribution in [0.5, 0.6) is 0 Å². The number of ether oxygens (including phenoxy) is 1. The third-order valence-corrected chi connectivity index (χ3v) is 4.39. The summed E-state index contributed by atoms with van der Waals surface area (Å²) in [6.07, 6.45) is 0.467. The van der Waals surface area contributed by atoms with Crippen molar-refractivity contribution < 1.29 is 23.4 Å². The molecule has 8 heteroatoms. The third kappa shape index (κ3) is 4.19. The number of rotatable bonds is 7. The van der Waals surface area contributed by atoms with Gasteiger partial charge in [-0.3, -0.25) is 4.90 Å². The van der Waals surface area contributed by atoms with Crippen LogP contribution in [-0.2, 0) is 4.74 Å². The van der Waals surface area contributed by atoms with E-state index in [9.17, 15) is 18.7 Å². The molecule has 1 aromatic rings. The molecule has 1 heterocycles. The molecule has 1 fully saturated rings. The van der Waals surface area contributed by atoms with Crippen LogP contribution < -0.4 is 11.1 Å². The number of nitrogens with one attached hydrogen (secondary N) is 1. The maximum absolute atomic E-state index is 13.7. The number of amides is 2. The van der Waals surface area contributed by atoms with Crippen molar-refractivity contribution in [3.05, 3.63) is 35.4 Å². The number of carbonyl (C=O) groups excluding carboxylic acids is 1. The Bertz CT molecular complexity index is 573. The Labute approximate surface area is 139 Å². The van der Waals surface area contributed by atoms with E-state index in [4.69, 9.17) is 10.5 Å². The van der Waals surface area contributed by atoms with Gasteiger partial charge < -0.3 is 20.9 Å². The molecule has 1 unspecified atom stereocenters. The molecular formula is C16H23F2N3O3. The predicted molar refractivity (Wildman–Crippen MR) is 84.2 cm³/mol. The summed E-state index contributed by atoms with van der Waals surface area (Å²) in [7, 11) is 1.58. The number of nitrogens with two attached hydrogens (primary N) is 1. The van der Waals surface area contributed by atoms with E-state index in [0.29, 0.717) is 31.7 Å². The molecular weight excluding hydrogens is 320 g/mol. The molecule has 1 aliphatic heterocycles. The Kier molecular flexibility index (Phi) is 6.47. The number of likely N-dealkylation sites (tertiary alicyclic amines) is 1. The van der Waals surface area contributed by atoms with E-state index in [-0.39, 0.29) is 18.6 Å². The summed E-state index contributed by atoms with van der Waals surface area (Å²) >= 11 is 0. The normalized spacial score (nSPS) is 24.2. The summed E-state index contributed by atoms with van der Waals surface area (Å²) < 4.78 is 32.0. The number of hydrogen-bond donors (Lipinski definition) is 3. The zero-order valence-corrected chi connectivity index (χ0v) is 13.5. The first-order valence-electron chi connectivity index (χ1n) is 7.82. The van der Waals surface area contributed by atoms with Gasteiger partial charge in [-0.2, -0.15) is 0 Å². The Hall–Kier alpha value is -1.77. The minimum Gasteiger partial charge on any atom is -0.396 e. The van der Waals surface area contributed by atoms with Gasteiger partial charge in [0.05, 0.1) is 18.7 Å². The molecule has 6 nitrogen and oxygen atoms in total. The van der Waals surface area contributed by atoms with Gasteiger partial charge in [0.2, 0.25) is 0 Å². The first-order valence-corrected chi connectivity index (χ1v) is 7.82. The SMILES string of the molecule is COCCN1C[C@@H](CCO)[C@H](NC(N)=O)C1c1ccc(F)c(F)c1.